The molecule has 0 aliphatic heterocycles. The minimum atomic E-state index is -0.362. The number of nitrogens with zero attached hydrogens (tertiary/aromatic N) is 1. The smallest absolute Gasteiger partial charge is 0.281 e. The Bertz CT molecular complexity index is 1010. The molecule has 0 fully saturated rings. The molecule has 29 heavy (non-hydrogen) atoms. The molecule has 0 saturated heterocycles. The third kappa shape index (κ3) is 5.65. The maximum atomic E-state index is 12.4. The molecule has 0 aliphatic rings. The van der Waals surface area contributed by atoms with Gasteiger partial charge < -0.3 is 5.32 Å². The molecule has 2 amide bonds. The predicted octanol–water partition coefficient (Wildman–Crippen LogP) is 3.53. The number of hydrogen-bond acceptors (Lipinski definition) is 5. The second-order valence-corrected chi connectivity index (χ2v) is 7.94. The fourth-order valence-electron chi connectivity index (χ4n) is 2.92. The Balaban J connectivity index is 1.51. The summed E-state index contributed by atoms with van der Waals surface area (Å²) in [5, 5.41) is 3.94. The van der Waals surface area contributed by atoms with Crippen LogP contribution in [-0.4, -0.2) is 23.3 Å². The molecule has 0 spiro atoms. The molecular weight excluding hydrogens is 384 g/mol. The Kier molecular flexibility index (Phi) is 6.61. The van der Waals surface area contributed by atoms with Gasteiger partial charge in [-0.25, -0.2) is 4.98 Å². The quantitative estimate of drug-likeness (QED) is 0.545. The number of amides is 2. The lowest BCUT2D eigenvalue weighted by Crippen LogP contribution is -2.44. The normalized spacial score (nSPS) is 10.4. The van der Waals surface area contributed by atoms with E-state index in [9.17, 15) is 9.59 Å². The Morgan fingerprint density at radius 2 is 1.76 bits per heavy atom. The van der Waals surface area contributed by atoms with Crippen molar-refractivity contribution >= 4 is 28.8 Å². The molecule has 1 heterocycles. The number of aromatic nitrogens is 1. The van der Waals surface area contributed by atoms with E-state index in [1.807, 2.05) is 62.4 Å². The minimum absolute atomic E-state index is 0.0606. The highest BCUT2D eigenvalue weighted by Gasteiger charge is 2.16. The fourth-order valence-corrected chi connectivity index (χ4v) is 3.92. The van der Waals surface area contributed by atoms with E-state index in [2.05, 4.69) is 21.2 Å². The molecule has 0 aliphatic carbocycles. The Hall–Kier alpha value is -3.19. The lowest BCUT2D eigenvalue weighted by atomic mass is 10.1. The third-order valence-electron chi connectivity index (χ3n) is 4.38. The van der Waals surface area contributed by atoms with Gasteiger partial charge in [0.25, 0.3) is 11.8 Å². The van der Waals surface area contributed by atoms with Gasteiger partial charge in [0.05, 0.1) is 17.2 Å². The van der Waals surface area contributed by atoms with Gasteiger partial charge in [0, 0.05) is 12.1 Å². The lowest BCUT2D eigenvalue weighted by molar-refractivity contribution is -0.120. The van der Waals surface area contributed by atoms with E-state index in [0.717, 1.165) is 27.4 Å². The summed E-state index contributed by atoms with van der Waals surface area (Å²) in [4.78, 5) is 29.5. The molecule has 0 saturated carbocycles. The number of hydrazine groups is 1. The first kappa shape index (κ1) is 20.5. The Labute approximate surface area is 174 Å². The van der Waals surface area contributed by atoms with Crippen LogP contribution in [0.3, 0.4) is 0 Å². The summed E-state index contributed by atoms with van der Waals surface area (Å²) >= 11 is 1.34. The highest BCUT2D eigenvalue weighted by atomic mass is 32.1. The summed E-state index contributed by atoms with van der Waals surface area (Å²) in [6, 6.07) is 15.9. The van der Waals surface area contributed by atoms with Gasteiger partial charge in [0.1, 0.15) is 4.88 Å². The van der Waals surface area contributed by atoms with Crippen molar-refractivity contribution in [1.29, 1.82) is 0 Å². The van der Waals surface area contributed by atoms with Crippen LogP contribution in [0.15, 0.2) is 48.5 Å². The van der Waals surface area contributed by atoms with Gasteiger partial charge in [-0.3, -0.25) is 20.4 Å². The van der Waals surface area contributed by atoms with E-state index in [1.54, 1.807) is 6.92 Å². The van der Waals surface area contributed by atoms with E-state index in [1.165, 1.54) is 11.3 Å². The van der Waals surface area contributed by atoms with Gasteiger partial charge in [-0.2, -0.15) is 0 Å². The molecule has 2 aromatic carbocycles. The van der Waals surface area contributed by atoms with E-state index in [0.29, 0.717) is 17.0 Å². The van der Waals surface area contributed by atoms with Crippen LogP contribution in [0.1, 0.15) is 37.1 Å². The lowest BCUT2D eigenvalue weighted by Gasteiger charge is -2.11. The SMILES string of the molecule is Cc1ccc(NCC(=O)NNC(=O)c2sc(Cc3ccccc3)nc2C)c(C)c1. The van der Waals surface area contributed by atoms with Crippen molar-refractivity contribution in [2.24, 2.45) is 0 Å². The fraction of sp³-hybridized carbons (Fsp3) is 0.227. The monoisotopic (exact) mass is 408 g/mol. The second-order valence-electron chi connectivity index (χ2n) is 6.86. The molecule has 0 bridgehead atoms. The van der Waals surface area contributed by atoms with Crippen LogP contribution < -0.4 is 16.2 Å². The van der Waals surface area contributed by atoms with Crippen LogP contribution in [0, 0.1) is 20.8 Å². The van der Waals surface area contributed by atoms with Crippen molar-refractivity contribution in [3.8, 4) is 0 Å². The number of rotatable bonds is 6. The maximum Gasteiger partial charge on any atom is 0.281 e. The van der Waals surface area contributed by atoms with Crippen LogP contribution in [0.2, 0.25) is 0 Å². The van der Waals surface area contributed by atoms with Gasteiger partial charge in [0.15, 0.2) is 0 Å². The van der Waals surface area contributed by atoms with Crippen LogP contribution >= 0.6 is 11.3 Å². The number of thiazole rings is 1. The molecule has 3 N–H and O–H groups in total. The molecular formula is C22H24N4O2S. The number of benzene rings is 2. The molecule has 3 rings (SSSR count). The van der Waals surface area contributed by atoms with Gasteiger partial charge in [-0.15, -0.1) is 11.3 Å². The Morgan fingerprint density at radius 1 is 1.00 bits per heavy atom. The average Bonchev–Trinajstić information content (AvgIpc) is 3.06. The van der Waals surface area contributed by atoms with Crippen LogP contribution in [0.25, 0.3) is 0 Å². The highest BCUT2D eigenvalue weighted by Crippen LogP contribution is 2.20. The predicted molar refractivity (Wildman–Crippen MR) is 116 cm³/mol. The zero-order chi connectivity index (χ0) is 20.8. The van der Waals surface area contributed by atoms with E-state index in [4.69, 9.17) is 0 Å². The van der Waals surface area contributed by atoms with Crippen molar-refractivity contribution in [2.45, 2.75) is 27.2 Å². The minimum Gasteiger partial charge on any atom is -0.376 e. The van der Waals surface area contributed by atoms with Gasteiger partial charge in [0.2, 0.25) is 0 Å². The maximum absolute atomic E-state index is 12.4. The van der Waals surface area contributed by atoms with Crippen LogP contribution in [-0.2, 0) is 11.2 Å². The van der Waals surface area contributed by atoms with Crippen molar-refractivity contribution in [2.75, 3.05) is 11.9 Å². The standard InChI is InChI=1S/C22H24N4O2S/c1-14-9-10-18(15(2)11-14)23-13-19(27)25-26-22(28)21-16(3)24-20(29-21)12-17-7-5-4-6-8-17/h4-11,23H,12-13H2,1-3H3,(H,25,27)(H,26,28). The molecule has 3 aromatic rings. The van der Waals surface area contributed by atoms with E-state index in [-0.39, 0.29) is 18.4 Å². The summed E-state index contributed by atoms with van der Waals surface area (Å²) in [5.41, 5.74) is 9.82. The van der Waals surface area contributed by atoms with Crippen molar-refractivity contribution < 1.29 is 9.59 Å². The first-order valence-electron chi connectivity index (χ1n) is 9.33. The highest BCUT2D eigenvalue weighted by molar-refractivity contribution is 7.13. The number of aryl methyl sites for hydroxylation is 3. The Morgan fingerprint density at radius 3 is 2.48 bits per heavy atom. The number of carbonyl (C=O) groups is 2. The molecule has 6 nitrogen and oxygen atoms in total. The van der Waals surface area contributed by atoms with E-state index >= 15 is 0 Å². The summed E-state index contributed by atoms with van der Waals surface area (Å²) in [6.45, 7) is 5.86. The molecule has 7 heteroatoms. The summed E-state index contributed by atoms with van der Waals surface area (Å²) < 4.78 is 0. The average molecular weight is 409 g/mol. The third-order valence-corrected chi connectivity index (χ3v) is 5.54. The first-order chi connectivity index (χ1) is 13.9. The van der Waals surface area contributed by atoms with Crippen LogP contribution in [0.4, 0.5) is 5.69 Å². The first-order valence-corrected chi connectivity index (χ1v) is 10.1. The van der Waals surface area contributed by atoms with Gasteiger partial charge in [-0.05, 0) is 38.0 Å². The summed E-state index contributed by atoms with van der Waals surface area (Å²) in [5.74, 6) is -0.691. The zero-order valence-corrected chi connectivity index (χ0v) is 17.5. The largest absolute Gasteiger partial charge is 0.376 e. The van der Waals surface area contributed by atoms with E-state index < -0.39 is 0 Å². The molecule has 1 aromatic heterocycles. The molecule has 0 unspecified atom stereocenters. The van der Waals surface area contributed by atoms with Crippen molar-refractivity contribution in [3.05, 3.63) is 80.8 Å². The molecule has 0 radical (unpaired) electrons. The van der Waals surface area contributed by atoms with Gasteiger partial charge >= 0.3 is 0 Å². The molecule has 150 valence electrons. The summed E-state index contributed by atoms with van der Waals surface area (Å²) in [7, 11) is 0. The topological polar surface area (TPSA) is 83.1 Å². The van der Waals surface area contributed by atoms with Crippen molar-refractivity contribution in [3.63, 3.8) is 0 Å². The number of carbonyl (C=O) groups excluding carboxylic acids is 2. The number of anilines is 1. The second kappa shape index (κ2) is 9.34. The molecule has 0 atom stereocenters. The zero-order valence-electron chi connectivity index (χ0n) is 16.7. The van der Waals surface area contributed by atoms with Crippen LogP contribution in [0.5, 0.6) is 0 Å². The van der Waals surface area contributed by atoms with Gasteiger partial charge in [-0.1, -0.05) is 48.0 Å². The number of nitrogens with one attached hydrogen (secondary N) is 3. The number of hydrogen-bond donors (Lipinski definition) is 3. The summed E-state index contributed by atoms with van der Waals surface area (Å²) in [6.07, 6.45) is 0.672. The van der Waals surface area contributed by atoms with Crippen molar-refractivity contribution in [1.82, 2.24) is 15.8 Å².